The Morgan fingerprint density at radius 2 is 1.71 bits per heavy atom. The summed E-state index contributed by atoms with van der Waals surface area (Å²) in [7, 11) is 2.26. The second-order valence-corrected chi connectivity index (χ2v) is 6.64. The molecule has 1 unspecified atom stereocenters. The largest absolute Gasteiger partial charge is 0.312 e. The summed E-state index contributed by atoms with van der Waals surface area (Å²) in [5.41, 5.74) is 0. The smallest absolute Gasteiger partial charge is 0.0218 e. The van der Waals surface area contributed by atoms with Crippen LogP contribution in [0, 0.1) is 11.8 Å². The van der Waals surface area contributed by atoms with Gasteiger partial charge >= 0.3 is 0 Å². The predicted molar refractivity (Wildman–Crippen MR) is 76.4 cm³/mol. The van der Waals surface area contributed by atoms with Crippen LogP contribution in [-0.4, -0.2) is 37.1 Å². The summed E-state index contributed by atoms with van der Waals surface area (Å²) >= 11 is 0. The summed E-state index contributed by atoms with van der Waals surface area (Å²) in [6.45, 7) is 11.8. The van der Waals surface area contributed by atoms with E-state index in [0.717, 1.165) is 17.9 Å². The molecule has 0 aliphatic carbocycles. The van der Waals surface area contributed by atoms with Crippen LogP contribution >= 0.6 is 0 Å². The molecule has 0 aromatic carbocycles. The quantitative estimate of drug-likeness (QED) is 0.735. The topological polar surface area (TPSA) is 15.3 Å². The highest BCUT2D eigenvalue weighted by Crippen LogP contribution is 2.16. The standard InChI is InChI=1S/C15H32N2/c1-12(2)9-14(10-13(3)4)16-11-15-7-6-8-17(15)5/h12-16H,6-11H2,1-5H3. The number of likely N-dealkylation sites (N-methyl/N-ethyl adjacent to an activating group) is 1. The van der Waals surface area contributed by atoms with Crippen molar-refractivity contribution in [2.75, 3.05) is 20.1 Å². The molecule has 2 heteroatoms. The lowest BCUT2D eigenvalue weighted by atomic mass is 9.95. The minimum absolute atomic E-state index is 0.712. The van der Waals surface area contributed by atoms with Crippen LogP contribution < -0.4 is 5.32 Å². The molecule has 1 aliphatic rings. The Hall–Kier alpha value is -0.0800. The molecule has 0 bridgehead atoms. The average Bonchev–Trinajstić information content (AvgIpc) is 2.59. The second-order valence-electron chi connectivity index (χ2n) is 6.64. The molecular formula is C15H32N2. The highest BCUT2D eigenvalue weighted by molar-refractivity contribution is 4.81. The van der Waals surface area contributed by atoms with Gasteiger partial charge < -0.3 is 10.2 Å². The number of nitrogens with zero attached hydrogens (tertiary/aromatic N) is 1. The molecule has 1 rings (SSSR count). The van der Waals surface area contributed by atoms with Gasteiger partial charge in [-0.2, -0.15) is 0 Å². The summed E-state index contributed by atoms with van der Waals surface area (Å²) in [6.07, 6.45) is 5.38. The van der Waals surface area contributed by atoms with Gasteiger partial charge in [-0.3, -0.25) is 0 Å². The summed E-state index contributed by atoms with van der Waals surface area (Å²) in [4.78, 5) is 2.51. The fourth-order valence-corrected chi connectivity index (χ4v) is 2.94. The molecular weight excluding hydrogens is 208 g/mol. The molecule has 1 saturated heterocycles. The number of rotatable bonds is 7. The maximum Gasteiger partial charge on any atom is 0.0218 e. The van der Waals surface area contributed by atoms with E-state index in [1.165, 1.54) is 38.8 Å². The van der Waals surface area contributed by atoms with Gasteiger partial charge in [0.1, 0.15) is 0 Å². The Kier molecular flexibility index (Phi) is 6.50. The van der Waals surface area contributed by atoms with Crippen LogP contribution in [0.25, 0.3) is 0 Å². The second kappa shape index (κ2) is 7.38. The van der Waals surface area contributed by atoms with Crippen molar-refractivity contribution in [3.63, 3.8) is 0 Å². The number of hydrogen-bond acceptors (Lipinski definition) is 2. The van der Waals surface area contributed by atoms with Gasteiger partial charge in [-0.25, -0.2) is 0 Å². The van der Waals surface area contributed by atoms with Crippen molar-refractivity contribution in [2.45, 2.75) is 65.5 Å². The lowest BCUT2D eigenvalue weighted by Gasteiger charge is -2.26. The molecule has 2 nitrogen and oxygen atoms in total. The van der Waals surface area contributed by atoms with Crippen molar-refractivity contribution in [3.05, 3.63) is 0 Å². The zero-order valence-corrected chi connectivity index (χ0v) is 12.5. The third kappa shape index (κ3) is 5.87. The first-order valence-electron chi connectivity index (χ1n) is 7.42. The minimum Gasteiger partial charge on any atom is -0.312 e. The van der Waals surface area contributed by atoms with E-state index in [-0.39, 0.29) is 0 Å². The Labute approximate surface area is 108 Å². The van der Waals surface area contributed by atoms with Gasteiger partial charge in [-0.05, 0) is 51.1 Å². The molecule has 102 valence electrons. The van der Waals surface area contributed by atoms with E-state index in [4.69, 9.17) is 0 Å². The van der Waals surface area contributed by atoms with Crippen molar-refractivity contribution in [1.82, 2.24) is 10.2 Å². The van der Waals surface area contributed by atoms with E-state index in [1.807, 2.05) is 0 Å². The maximum absolute atomic E-state index is 3.81. The molecule has 0 spiro atoms. The van der Waals surface area contributed by atoms with Crippen molar-refractivity contribution in [1.29, 1.82) is 0 Å². The Balaban J connectivity index is 2.31. The third-order valence-corrected chi connectivity index (χ3v) is 3.83. The molecule has 0 amide bonds. The summed E-state index contributed by atoms with van der Waals surface area (Å²) in [5.74, 6) is 1.60. The highest BCUT2D eigenvalue weighted by Gasteiger charge is 2.22. The molecule has 17 heavy (non-hydrogen) atoms. The van der Waals surface area contributed by atoms with Crippen LogP contribution in [0.2, 0.25) is 0 Å². The fourth-order valence-electron chi connectivity index (χ4n) is 2.94. The lowest BCUT2D eigenvalue weighted by molar-refractivity contribution is 0.273. The summed E-state index contributed by atoms with van der Waals surface area (Å²) in [6, 6.07) is 1.49. The highest BCUT2D eigenvalue weighted by atomic mass is 15.2. The Morgan fingerprint density at radius 1 is 1.12 bits per heavy atom. The zero-order valence-electron chi connectivity index (χ0n) is 12.5. The van der Waals surface area contributed by atoms with Crippen molar-refractivity contribution in [2.24, 2.45) is 11.8 Å². The van der Waals surface area contributed by atoms with E-state index >= 15 is 0 Å². The average molecular weight is 240 g/mol. The molecule has 0 radical (unpaired) electrons. The number of nitrogens with one attached hydrogen (secondary N) is 1. The van der Waals surface area contributed by atoms with E-state index in [2.05, 4.69) is 45.0 Å². The molecule has 1 atom stereocenters. The molecule has 0 aromatic rings. The third-order valence-electron chi connectivity index (χ3n) is 3.83. The van der Waals surface area contributed by atoms with Gasteiger partial charge in [0, 0.05) is 18.6 Å². The van der Waals surface area contributed by atoms with E-state index in [1.54, 1.807) is 0 Å². The van der Waals surface area contributed by atoms with Gasteiger partial charge in [0.15, 0.2) is 0 Å². The SMILES string of the molecule is CC(C)CC(CC(C)C)NCC1CCCN1C. The van der Waals surface area contributed by atoms with Gasteiger partial charge in [0.2, 0.25) is 0 Å². The summed E-state index contributed by atoms with van der Waals surface area (Å²) in [5, 5.41) is 3.81. The van der Waals surface area contributed by atoms with Crippen molar-refractivity contribution < 1.29 is 0 Å². The van der Waals surface area contributed by atoms with Crippen molar-refractivity contribution in [3.8, 4) is 0 Å². The van der Waals surface area contributed by atoms with Gasteiger partial charge in [-0.15, -0.1) is 0 Å². The molecule has 1 aliphatic heterocycles. The first-order chi connectivity index (χ1) is 7.99. The maximum atomic E-state index is 3.81. The van der Waals surface area contributed by atoms with Crippen LogP contribution in [0.4, 0.5) is 0 Å². The van der Waals surface area contributed by atoms with Crippen LogP contribution in [0.1, 0.15) is 53.4 Å². The normalized spacial score (nSPS) is 22.2. The van der Waals surface area contributed by atoms with Gasteiger partial charge in [0.25, 0.3) is 0 Å². The first kappa shape index (κ1) is 15.0. The van der Waals surface area contributed by atoms with E-state index in [0.29, 0.717) is 6.04 Å². The molecule has 1 fully saturated rings. The van der Waals surface area contributed by atoms with Crippen LogP contribution in [0.15, 0.2) is 0 Å². The zero-order chi connectivity index (χ0) is 12.8. The first-order valence-corrected chi connectivity index (χ1v) is 7.42. The Bertz CT molecular complexity index is 191. The van der Waals surface area contributed by atoms with Crippen LogP contribution in [0.5, 0.6) is 0 Å². The monoisotopic (exact) mass is 240 g/mol. The molecule has 0 aromatic heterocycles. The van der Waals surface area contributed by atoms with Crippen LogP contribution in [0.3, 0.4) is 0 Å². The van der Waals surface area contributed by atoms with Gasteiger partial charge in [0.05, 0.1) is 0 Å². The Morgan fingerprint density at radius 3 is 2.12 bits per heavy atom. The van der Waals surface area contributed by atoms with Crippen LogP contribution in [-0.2, 0) is 0 Å². The molecule has 0 saturated carbocycles. The lowest BCUT2D eigenvalue weighted by Crippen LogP contribution is -2.41. The van der Waals surface area contributed by atoms with Gasteiger partial charge in [-0.1, -0.05) is 27.7 Å². The predicted octanol–water partition coefficient (Wildman–Crippen LogP) is 3.13. The number of likely N-dealkylation sites (tertiary alicyclic amines) is 1. The van der Waals surface area contributed by atoms with E-state index in [9.17, 15) is 0 Å². The molecule has 1 N–H and O–H groups in total. The van der Waals surface area contributed by atoms with E-state index < -0.39 is 0 Å². The van der Waals surface area contributed by atoms with Crippen molar-refractivity contribution >= 4 is 0 Å². The minimum atomic E-state index is 0.712. The fraction of sp³-hybridized carbons (Fsp3) is 1.00. The molecule has 1 heterocycles. The summed E-state index contributed by atoms with van der Waals surface area (Å²) < 4.78 is 0. The number of hydrogen-bond donors (Lipinski definition) is 1.